The molecule has 0 saturated carbocycles. The second kappa shape index (κ2) is 5.13. The van der Waals surface area contributed by atoms with Crippen molar-refractivity contribution < 1.29 is 0 Å². The molecule has 1 atom stereocenters. The first-order chi connectivity index (χ1) is 9.16. The molecular weight excluding hydrogens is 264 g/mol. The van der Waals surface area contributed by atoms with Gasteiger partial charge in [-0.25, -0.2) is 4.68 Å². The molecule has 0 radical (unpaired) electrons. The minimum Gasteiger partial charge on any atom is -0.367 e. The Morgan fingerprint density at radius 2 is 2.11 bits per heavy atom. The Labute approximate surface area is 117 Å². The summed E-state index contributed by atoms with van der Waals surface area (Å²) < 4.78 is 1.28. The Bertz CT molecular complexity index is 530. The van der Waals surface area contributed by atoms with Gasteiger partial charge in [-0.2, -0.15) is 5.10 Å². The second-order valence-corrected chi connectivity index (χ2v) is 5.78. The molecule has 2 fully saturated rings. The highest BCUT2D eigenvalue weighted by molar-refractivity contribution is 6.33. The van der Waals surface area contributed by atoms with Gasteiger partial charge in [0.1, 0.15) is 5.02 Å². The summed E-state index contributed by atoms with van der Waals surface area (Å²) in [6, 6.07) is 0.600. The van der Waals surface area contributed by atoms with Gasteiger partial charge in [-0.15, -0.1) is 0 Å². The summed E-state index contributed by atoms with van der Waals surface area (Å²) in [6.07, 6.45) is 5.35. The molecule has 1 aromatic heterocycles. The van der Waals surface area contributed by atoms with Crippen molar-refractivity contribution in [3.63, 3.8) is 0 Å². The summed E-state index contributed by atoms with van der Waals surface area (Å²) >= 11 is 6.20. The van der Waals surface area contributed by atoms with E-state index in [2.05, 4.69) is 14.9 Å². The van der Waals surface area contributed by atoms with Crippen molar-refractivity contribution in [2.24, 2.45) is 7.05 Å². The average Bonchev–Trinajstić information content (AvgIpc) is 2.74. The molecule has 0 spiro atoms. The minimum absolute atomic E-state index is 0.216. The van der Waals surface area contributed by atoms with Crippen molar-refractivity contribution in [1.29, 1.82) is 0 Å². The number of nitrogens with zero attached hydrogens (tertiary/aromatic N) is 4. The predicted molar refractivity (Wildman–Crippen MR) is 75.9 cm³/mol. The standard InChI is InChI=1S/C13H19ClN4O/c1-16-13(19)12(14)11(8-15-16)18-7-3-6-17-5-2-4-10(17)9-18/h8,10H,2-7,9H2,1H3/t10-/m0/s1. The van der Waals surface area contributed by atoms with Gasteiger partial charge in [-0.05, 0) is 25.8 Å². The van der Waals surface area contributed by atoms with E-state index in [1.54, 1.807) is 13.2 Å². The highest BCUT2D eigenvalue weighted by Gasteiger charge is 2.29. The summed E-state index contributed by atoms with van der Waals surface area (Å²) in [4.78, 5) is 16.7. The Morgan fingerprint density at radius 3 is 2.95 bits per heavy atom. The van der Waals surface area contributed by atoms with E-state index in [1.165, 1.54) is 24.1 Å². The fourth-order valence-corrected chi connectivity index (χ4v) is 3.44. The van der Waals surface area contributed by atoms with Crippen molar-refractivity contribution in [3.05, 3.63) is 21.6 Å². The Balaban J connectivity index is 1.89. The molecule has 5 nitrogen and oxygen atoms in total. The molecule has 3 rings (SSSR count). The second-order valence-electron chi connectivity index (χ2n) is 5.40. The van der Waals surface area contributed by atoms with Crippen LogP contribution < -0.4 is 10.5 Å². The topological polar surface area (TPSA) is 41.4 Å². The van der Waals surface area contributed by atoms with Crippen LogP contribution in [0.25, 0.3) is 0 Å². The highest BCUT2D eigenvalue weighted by Crippen LogP contribution is 2.27. The zero-order chi connectivity index (χ0) is 13.4. The molecule has 0 aromatic carbocycles. The molecule has 2 aliphatic rings. The van der Waals surface area contributed by atoms with Crippen molar-refractivity contribution >= 4 is 17.3 Å². The maximum atomic E-state index is 11.9. The number of aryl methyl sites for hydroxylation is 1. The number of fused-ring (bicyclic) bond motifs is 1. The third-order valence-electron chi connectivity index (χ3n) is 4.20. The van der Waals surface area contributed by atoms with Crippen molar-refractivity contribution in [3.8, 4) is 0 Å². The number of hydrogen-bond donors (Lipinski definition) is 0. The van der Waals surface area contributed by atoms with Gasteiger partial charge in [0.15, 0.2) is 0 Å². The van der Waals surface area contributed by atoms with Crippen LogP contribution in [0.4, 0.5) is 5.69 Å². The maximum Gasteiger partial charge on any atom is 0.287 e. The SMILES string of the molecule is Cn1ncc(N2CCCN3CCC[C@H]3C2)c(Cl)c1=O. The molecule has 6 heteroatoms. The lowest BCUT2D eigenvalue weighted by molar-refractivity contribution is 0.273. The van der Waals surface area contributed by atoms with Crippen LogP contribution in [-0.4, -0.2) is 46.9 Å². The summed E-state index contributed by atoms with van der Waals surface area (Å²) in [7, 11) is 1.62. The smallest absolute Gasteiger partial charge is 0.287 e. The lowest BCUT2D eigenvalue weighted by Crippen LogP contribution is -2.37. The van der Waals surface area contributed by atoms with E-state index >= 15 is 0 Å². The first-order valence-electron chi connectivity index (χ1n) is 6.87. The van der Waals surface area contributed by atoms with E-state index in [0.717, 1.165) is 31.7 Å². The summed E-state index contributed by atoms with van der Waals surface area (Å²) in [6.45, 7) is 4.26. The average molecular weight is 283 g/mol. The first kappa shape index (κ1) is 12.9. The molecule has 3 heterocycles. The number of rotatable bonds is 1. The van der Waals surface area contributed by atoms with Crippen LogP contribution in [0.15, 0.2) is 11.0 Å². The fraction of sp³-hybridized carbons (Fsp3) is 0.692. The fourth-order valence-electron chi connectivity index (χ4n) is 3.15. The zero-order valence-electron chi connectivity index (χ0n) is 11.2. The summed E-state index contributed by atoms with van der Waals surface area (Å²) in [5, 5.41) is 4.39. The largest absolute Gasteiger partial charge is 0.367 e. The quantitative estimate of drug-likeness (QED) is 0.774. The van der Waals surface area contributed by atoms with Crippen LogP contribution in [0.3, 0.4) is 0 Å². The van der Waals surface area contributed by atoms with Crippen LogP contribution in [0.1, 0.15) is 19.3 Å². The number of halogens is 1. The third-order valence-corrected chi connectivity index (χ3v) is 4.56. The molecule has 104 valence electrons. The minimum atomic E-state index is -0.216. The van der Waals surface area contributed by atoms with Gasteiger partial charge in [0.25, 0.3) is 5.56 Å². The lowest BCUT2D eigenvalue weighted by Gasteiger charge is -2.27. The molecule has 19 heavy (non-hydrogen) atoms. The molecule has 0 bridgehead atoms. The predicted octanol–water partition coefficient (Wildman–Crippen LogP) is 1.11. The van der Waals surface area contributed by atoms with Gasteiger partial charge in [-0.1, -0.05) is 11.6 Å². The first-order valence-corrected chi connectivity index (χ1v) is 7.25. The molecule has 0 amide bonds. The molecule has 2 aliphatic heterocycles. The van der Waals surface area contributed by atoms with Crippen molar-refractivity contribution in [2.45, 2.75) is 25.3 Å². The van der Waals surface area contributed by atoms with Gasteiger partial charge in [0, 0.05) is 32.7 Å². The van der Waals surface area contributed by atoms with Crippen molar-refractivity contribution in [1.82, 2.24) is 14.7 Å². The van der Waals surface area contributed by atoms with Crippen LogP contribution in [0.5, 0.6) is 0 Å². The van der Waals surface area contributed by atoms with E-state index in [0.29, 0.717) is 11.1 Å². The van der Waals surface area contributed by atoms with E-state index in [4.69, 9.17) is 11.6 Å². The van der Waals surface area contributed by atoms with Gasteiger partial charge in [-0.3, -0.25) is 9.69 Å². The van der Waals surface area contributed by atoms with E-state index in [9.17, 15) is 4.79 Å². The van der Waals surface area contributed by atoms with E-state index in [-0.39, 0.29) is 5.56 Å². The molecule has 1 aromatic rings. The van der Waals surface area contributed by atoms with E-state index in [1.807, 2.05) is 0 Å². The molecule has 0 aliphatic carbocycles. The van der Waals surface area contributed by atoms with Crippen LogP contribution in [0.2, 0.25) is 5.02 Å². The summed E-state index contributed by atoms with van der Waals surface area (Å²) in [5.74, 6) is 0. The van der Waals surface area contributed by atoms with Crippen molar-refractivity contribution in [2.75, 3.05) is 31.1 Å². The monoisotopic (exact) mass is 282 g/mol. The Hall–Kier alpha value is -1.07. The van der Waals surface area contributed by atoms with Crippen LogP contribution >= 0.6 is 11.6 Å². The number of anilines is 1. The maximum absolute atomic E-state index is 11.9. The highest BCUT2D eigenvalue weighted by atomic mass is 35.5. The zero-order valence-corrected chi connectivity index (χ0v) is 11.9. The van der Waals surface area contributed by atoms with Crippen LogP contribution in [-0.2, 0) is 7.05 Å². The van der Waals surface area contributed by atoms with Gasteiger partial charge in [0.2, 0.25) is 0 Å². The van der Waals surface area contributed by atoms with Gasteiger partial charge >= 0.3 is 0 Å². The van der Waals surface area contributed by atoms with Gasteiger partial charge < -0.3 is 4.90 Å². The Kier molecular flexibility index (Phi) is 3.50. The lowest BCUT2D eigenvalue weighted by atomic mass is 10.2. The van der Waals surface area contributed by atoms with Crippen LogP contribution in [0, 0.1) is 0 Å². The van der Waals surface area contributed by atoms with E-state index < -0.39 is 0 Å². The summed E-state index contributed by atoms with van der Waals surface area (Å²) in [5.41, 5.74) is 0.574. The number of aromatic nitrogens is 2. The third kappa shape index (κ3) is 2.37. The van der Waals surface area contributed by atoms with Gasteiger partial charge in [0.05, 0.1) is 11.9 Å². The Morgan fingerprint density at radius 1 is 1.32 bits per heavy atom. The molecule has 0 N–H and O–H groups in total. The number of hydrogen-bond acceptors (Lipinski definition) is 4. The molecular formula is C13H19ClN4O. The molecule has 2 saturated heterocycles. The normalized spacial score (nSPS) is 24.3. The molecule has 0 unspecified atom stereocenters.